The lowest BCUT2D eigenvalue weighted by Gasteiger charge is -2.20. The van der Waals surface area contributed by atoms with E-state index in [0.29, 0.717) is 18.0 Å². The van der Waals surface area contributed by atoms with E-state index in [2.05, 4.69) is 31.9 Å². The van der Waals surface area contributed by atoms with Crippen LogP contribution in [0.2, 0.25) is 0 Å². The van der Waals surface area contributed by atoms with Crippen LogP contribution in [0.3, 0.4) is 0 Å². The average molecular weight is 487 g/mol. The molecule has 0 bridgehead atoms. The Hall–Kier alpha value is -1.73. The van der Waals surface area contributed by atoms with Gasteiger partial charge < -0.3 is 19.1 Å². The first-order chi connectivity index (χ1) is 12.4. The second kappa shape index (κ2) is 9.28. The molecular weight excluding hydrogens is 466 g/mol. The number of methoxy groups -OCH3 is 3. The van der Waals surface area contributed by atoms with Crippen LogP contribution >= 0.6 is 31.9 Å². The summed E-state index contributed by atoms with van der Waals surface area (Å²) < 4.78 is 17.7. The van der Waals surface area contributed by atoms with Crippen LogP contribution in [-0.2, 0) is 17.8 Å². The van der Waals surface area contributed by atoms with E-state index in [1.54, 1.807) is 39.3 Å². The molecule has 0 radical (unpaired) electrons. The molecule has 2 aromatic rings. The molecule has 140 valence electrons. The summed E-state index contributed by atoms with van der Waals surface area (Å²) in [6.07, 6.45) is 0.244. The molecule has 1 amide bonds. The van der Waals surface area contributed by atoms with Gasteiger partial charge in [0, 0.05) is 28.1 Å². The van der Waals surface area contributed by atoms with Crippen molar-refractivity contribution in [1.82, 2.24) is 4.90 Å². The minimum absolute atomic E-state index is 0.0139. The van der Waals surface area contributed by atoms with Crippen LogP contribution in [0.25, 0.3) is 0 Å². The summed E-state index contributed by atoms with van der Waals surface area (Å²) in [5.74, 6) is 1.94. The summed E-state index contributed by atoms with van der Waals surface area (Å²) in [6.45, 7) is 0.451. The third kappa shape index (κ3) is 4.92. The van der Waals surface area contributed by atoms with Crippen LogP contribution in [0.5, 0.6) is 17.2 Å². The Morgan fingerprint density at radius 3 is 2.15 bits per heavy atom. The standard InChI is InChI=1S/C19H21Br2NO4/c1-22(11-13-7-14(20)5-6-16(13)24-2)19(23)9-12-8-17(25-3)18(26-4)10-15(12)21/h5-8,10H,9,11H2,1-4H3. The number of amides is 1. The molecule has 2 rings (SSSR count). The van der Waals surface area contributed by atoms with Gasteiger partial charge in [0.25, 0.3) is 0 Å². The summed E-state index contributed by atoms with van der Waals surface area (Å²) in [5, 5.41) is 0. The van der Waals surface area contributed by atoms with Crippen molar-refractivity contribution in [1.29, 1.82) is 0 Å². The number of carbonyl (C=O) groups is 1. The van der Waals surface area contributed by atoms with Crippen LogP contribution < -0.4 is 14.2 Å². The molecule has 0 unspecified atom stereocenters. The van der Waals surface area contributed by atoms with Crippen LogP contribution in [0, 0.1) is 0 Å². The van der Waals surface area contributed by atoms with Crippen molar-refractivity contribution in [2.24, 2.45) is 0 Å². The van der Waals surface area contributed by atoms with Crippen molar-refractivity contribution in [2.45, 2.75) is 13.0 Å². The number of hydrogen-bond donors (Lipinski definition) is 0. The maximum absolute atomic E-state index is 12.7. The Morgan fingerprint density at radius 2 is 1.54 bits per heavy atom. The molecule has 0 heterocycles. The fourth-order valence-electron chi connectivity index (χ4n) is 2.54. The van der Waals surface area contributed by atoms with Gasteiger partial charge in [0.05, 0.1) is 27.8 Å². The van der Waals surface area contributed by atoms with Crippen molar-refractivity contribution in [3.63, 3.8) is 0 Å². The van der Waals surface area contributed by atoms with Gasteiger partial charge in [-0.1, -0.05) is 31.9 Å². The minimum Gasteiger partial charge on any atom is -0.496 e. The summed E-state index contributed by atoms with van der Waals surface area (Å²) in [4.78, 5) is 14.4. The van der Waals surface area contributed by atoms with Gasteiger partial charge in [-0.15, -0.1) is 0 Å². The van der Waals surface area contributed by atoms with Crippen LogP contribution in [0.4, 0.5) is 0 Å². The molecule has 26 heavy (non-hydrogen) atoms. The van der Waals surface area contributed by atoms with E-state index in [1.165, 1.54) is 0 Å². The Labute approximate surface area is 170 Å². The van der Waals surface area contributed by atoms with Crippen molar-refractivity contribution in [2.75, 3.05) is 28.4 Å². The number of rotatable bonds is 7. The van der Waals surface area contributed by atoms with E-state index in [0.717, 1.165) is 25.8 Å². The normalized spacial score (nSPS) is 10.4. The Bertz CT molecular complexity index is 795. The van der Waals surface area contributed by atoms with Crippen molar-refractivity contribution < 1.29 is 19.0 Å². The summed E-state index contributed by atoms with van der Waals surface area (Å²) >= 11 is 6.95. The molecule has 0 atom stereocenters. The predicted molar refractivity (Wildman–Crippen MR) is 108 cm³/mol. The van der Waals surface area contributed by atoms with Gasteiger partial charge in [0.2, 0.25) is 5.91 Å². The zero-order chi connectivity index (χ0) is 19.3. The lowest BCUT2D eigenvalue weighted by Crippen LogP contribution is -2.28. The number of hydrogen-bond acceptors (Lipinski definition) is 4. The van der Waals surface area contributed by atoms with Gasteiger partial charge in [-0.3, -0.25) is 4.79 Å². The van der Waals surface area contributed by atoms with E-state index < -0.39 is 0 Å². The molecule has 0 aliphatic rings. The van der Waals surface area contributed by atoms with Crippen molar-refractivity contribution >= 4 is 37.8 Å². The summed E-state index contributed by atoms with van der Waals surface area (Å²) in [7, 11) is 6.55. The molecule has 0 fully saturated rings. The van der Waals surface area contributed by atoms with Crippen LogP contribution in [0.1, 0.15) is 11.1 Å². The highest BCUT2D eigenvalue weighted by Gasteiger charge is 2.17. The molecule has 0 aliphatic heterocycles. The van der Waals surface area contributed by atoms with Gasteiger partial charge in [-0.05, 0) is 35.9 Å². The van der Waals surface area contributed by atoms with E-state index in [1.807, 2.05) is 24.3 Å². The second-order valence-corrected chi connectivity index (χ2v) is 7.45. The largest absolute Gasteiger partial charge is 0.496 e. The topological polar surface area (TPSA) is 48.0 Å². The highest BCUT2D eigenvalue weighted by Crippen LogP contribution is 2.33. The first-order valence-electron chi connectivity index (χ1n) is 7.86. The number of nitrogens with zero attached hydrogens (tertiary/aromatic N) is 1. The molecular formula is C19H21Br2NO4. The third-order valence-corrected chi connectivity index (χ3v) is 5.20. The van der Waals surface area contributed by atoms with Gasteiger partial charge >= 0.3 is 0 Å². The Kier molecular flexibility index (Phi) is 7.34. The summed E-state index contributed by atoms with van der Waals surface area (Å²) in [5.41, 5.74) is 1.77. The fraction of sp³-hybridized carbons (Fsp3) is 0.316. The Balaban J connectivity index is 2.16. The number of benzene rings is 2. The fourth-order valence-corrected chi connectivity index (χ4v) is 3.42. The average Bonchev–Trinajstić information content (AvgIpc) is 2.63. The van der Waals surface area contributed by atoms with Crippen LogP contribution in [-0.4, -0.2) is 39.2 Å². The molecule has 0 spiro atoms. The molecule has 0 saturated heterocycles. The van der Waals surface area contributed by atoms with Gasteiger partial charge in [0.15, 0.2) is 11.5 Å². The van der Waals surface area contributed by atoms with Crippen molar-refractivity contribution in [3.8, 4) is 17.2 Å². The smallest absolute Gasteiger partial charge is 0.227 e. The number of likely N-dealkylation sites (N-methyl/N-ethyl adjacent to an activating group) is 1. The quantitative estimate of drug-likeness (QED) is 0.580. The number of carbonyl (C=O) groups excluding carboxylic acids is 1. The number of halogens is 2. The third-order valence-electron chi connectivity index (χ3n) is 3.97. The Morgan fingerprint density at radius 1 is 0.923 bits per heavy atom. The molecule has 0 aliphatic carbocycles. The van der Waals surface area contributed by atoms with Gasteiger partial charge in [-0.25, -0.2) is 0 Å². The van der Waals surface area contributed by atoms with Crippen molar-refractivity contribution in [3.05, 3.63) is 50.4 Å². The maximum atomic E-state index is 12.7. The summed E-state index contributed by atoms with van der Waals surface area (Å²) in [6, 6.07) is 9.36. The van der Waals surface area contributed by atoms with E-state index >= 15 is 0 Å². The number of ether oxygens (including phenoxy) is 3. The minimum atomic E-state index is -0.0139. The monoisotopic (exact) mass is 485 g/mol. The first-order valence-corrected chi connectivity index (χ1v) is 9.45. The second-order valence-electron chi connectivity index (χ2n) is 5.68. The highest BCUT2D eigenvalue weighted by molar-refractivity contribution is 9.10. The van der Waals surface area contributed by atoms with E-state index in [-0.39, 0.29) is 12.3 Å². The zero-order valence-corrected chi connectivity index (χ0v) is 18.3. The van der Waals surface area contributed by atoms with Crippen LogP contribution in [0.15, 0.2) is 39.3 Å². The molecule has 5 nitrogen and oxygen atoms in total. The predicted octanol–water partition coefficient (Wildman–Crippen LogP) is 4.44. The van der Waals surface area contributed by atoms with E-state index in [4.69, 9.17) is 14.2 Å². The lowest BCUT2D eigenvalue weighted by atomic mass is 10.1. The molecule has 0 N–H and O–H groups in total. The van der Waals surface area contributed by atoms with Gasteiger partial charge in [-0.2, -0.15) is 0 Å². The molecule has 2 aromatic carbocycles. The van der Waals surface area contributed by atoms with E-state index in [9.17, 15) is 4.79 Å². The molecule has 0 aromatic heterocycles. The molecule has 7 heteroatoms. The lowest BCUT2D eigenvalue weighted by molar-refractivity contribution is -0.129. The zero-order valence-electron chi connectivity index (χ0n) is 15.1. The first kappa shape index (κ1) is 20.6. The SMILES string of the molecule is COc1ccc(Br)cc1CN(C)C(=O)Cc1cc(OC)c(OC)cc1Br. The molecule has 0 saturated carbocycles. The highest BCUT2D eigenvalue weighted by atomic mass is 79.9. The maximum Gasteiger partial charge on any atom is 0.227 e. The van der Waals surface area contributed by atoms with Gasteiger partial charge in [0.1, 0.15) is 5.75 Å².